The van der Waals surface area contributed by atoms with Crippen molar-refractivity contribution in [2.45, 2.75) is 56.7 Å². The largest absolute Gasteiger partial charge is 0.387 e. The molecule has 0 bridgehead atoms. The number of hydrogen-bond donors (Lipinski definition) is 1. The van der Waals surface area contributed by atoms with Crippen molar-refractivity contribution in [2.24, 2.45) is 0 Å². The molecular weight excluding hydrogens is 176 g/mol. The van der Waals surface area contributed by atoms with Crippen molar-refractivity contribution < 1.29 is 9.84 Å². The Hall–Kier alpha value is -0.520. The van der Waals surface area contributed by atoms with E-state index in [0.29, 0.717) is 0 Å². The maximum absolute atomic E-state index is 10.4. The summed E-state index contributed by atoms with van der Waals surface area (Å²) in [6.45, 7) is 0. The average Bonchev–Trinajstić information content (AvgIpc) is 2.19. The van der Waals surface area contributed by atoms with Crippen molar-refractivity contribution in [3.8, 4) is 12.3 Å². The minimum Gasteiger partial charge on any atom is -0.387 e. The van der Waals surface area contributed by atoms with E-state index < -0.39 is 5.60 Å². The molecule has 2 unspecified atom stereocenters. The molecule has 1 N–H and O–H groups in total. The normalized spacial score (nSPS) is 32.5. The standard InChI is InChI=1S/C12H20O2/c1-3-4-6-9-12(13)10-7-5-8-11(12)14-2/h1,11,13H,4-10H2,2H3. The Kier molecular flexibility index (Phi) is 4.44. The molecule has 2 heteroatoms. The molecule has 1 saturated carbocycles. The van der Waals surface area contributed by atoms with Crippen LogP contribution in [0.25, 0.3) is 0 Å². The third-order valence-electron chi connectivity index (χ3n) is 3.14. The summed E-state index contributed by atoms with van der Waals surface area (Å²) in [4.78, 5) is 0. The second-order valence-electron chi connectivity index (χ2n) is 4.13. The first-order chi connectivity index (χ1) is 6.73. The van der Waals surface area contributed by atoms with Gasteiger partial charge >= 0.3 is 0 Å². The summed E-state index contributed by atoms with van der Waals surface area (Å²) >= 11 is 0. The first kappa shape index (κ1) is 11.6. The number of aliphatic hydroxyl groups is 1. The molecule has 2 nitrogen and oxygen atoms in total. The van der Waals surface area contributed by atoms with Crippen molar-refractivity contribution in [3.05, 3.63) is 0 Å². The fraction of sp³-hybridized carbons (Fsp3) is 0.833. The Morgan fingerprint density at radius 1 is 1.57 bits per heavy atom. The minimum absolute atomic E-state index is 0.00836. The van der Waals surface area contributed by atoms with Gasteiger partial charge in [0.1, 0.15) is 0 Å². The molecule has 0 aromatic rings. The van der Waals surface area contributed by atoms with Crippen LogP contribution in [-0.2, 0) is 4.74 Å². The van der Waals surface area contributed by atoms with Crippen LogP contribution in [0.3, 0.4) is 0 Å². The first-order valence-electron chi connectivity index (χ1n) is 5.41. The number of rotatable bonds is 4. The molecule has 0 radical (unpaired) electrons. The van der Waals surface area contributed by atoms with E-state index >= 15 is 0 Å². The first-order valence-corrected chi connectivity index (χ1v) is 5.41. The van der Waals surface area contributed by atoms with Gasteiger partial charge in [0.2, 0.25) is 0 Å². The smallest absolute Gasteiger partial charge is 0.0908 e. The number of hydrogen-bond acceptors (Lipinski definition) is 2. The van der Waals surface area contributed by atoms with E-state index in [-0.39, 0.29) is 6.10 Å². The Bertz CT molecular complexity index is 207. The molecule has 14 heavy (non-hydrogen) atoms. The highest BCUT2D eigenvalue weighted by molar-refractivity contribution is 4.92. The van der Waals surface area contributed by atoms with E-state index in [4.69, 9.17) is 11.2 Å². The van der Waals surface area contributed by atoms with Crippen molar-refractivity contribution in [3.63, 3.8) is 0 Å². The molecule has 1 fully saturated rings. The van der Waals surface area contributed by atoms with Gasteiger partial charge in [-0.15, -0.1) is 12.3 Å². The van der Waals surface area contributed by atoms with Crippen LogP contribution < -0.4 is 0 Å². The van der Waals surface area contributed by atoms with Gasteiger partial charge in [-0.25, -0.2) is 0 Å². The van der Waals surface area contributed by atoms with E-state index in [1.165, 1.54) is 0 Å². The highest BCUT2D eigenvalue weighted by Crippen LogP contribution is 2.34. The zero-order chi connectivity index (χ0) is 10.4. The molecular formula is C12H20O2. The zero-order valence-corrected chi connectivity index (χ0v) is 8.96. The fourth-order valence-electron chi connectivity index (χ4n) is 2.31. The monoisotopic (exact) mass is 196 g/mol. The summed E-state index contributed by atoms with van der Waals surface area (Å²) in [5.74, 6) is 2.61. The Morgan fingerprint density at radius 2 is 2.36 bits per heavy atom. The van der Waals surface area contributed by atoms with Gasteiger partial charge in [0, 0.05) is 13.5 Å². The van der Waals surface area contributed by atoms with E-state index in [0.717, 1.165) is 44.9 Å². The lowest BCUT2D eigenvalue weighted by molar-refractivity contribution is -0.121. The van der Waals surface area contributed by atoms with E-state index in [9.17, 15) is 5.11 Å². The molecule has 80 valence electrons. The summed E-state index contributed by atoms with van der Waals surface area (Å²) < 4.78 is 5.34. The second-order valence-corrected chi connectivity index (χ2v) is 4.13. The van der Waals surface area contributed by atoms with Crippen molar-refractivity contribution >= 4 is 0 Å². The van der Waals surface area contributed by atoms with Gasteiger partial charge in [0.05, 0.1) is 11.7 Å². The van der Waals surface area contributed by atoms with Crippen LogP contribution in [0, 0.1) is 12.3 Å². The van der Waals surface area contributed by atoms with Crippen molar-refractivity contribution in [2.75, 3.05) is 7.11 Å². The predicted molar refractivity (Wildman–Crippen MR) is 56.9 cm³/mol. The lowest BCUT2D eigenvalue weighted by Crippen LogP contribution is -2.45. The number of ether oxygens (including phenoxy) is 1. The SMILES string of the molecule is C#CCCCC1(O)CCCCC1OC. The lowest BCUT2D eigenvalue weighted by Gasteiger charge is -2.39. The van der Waals surface area contributed by atoms with E-state index in [2.05, 4.69) is 5.92 Å². The maximum Gasteiger partial charge on any atom is 0.0908 e. The van der Waals surface area contributed by atoms with Crippen LogP contribution in [0.5, 0.6) is 0 Å². The third-order valence-corrected chi connectivity index (χ3v) is 3.14. The van der Waals surface area contributed by atoms with Crippen LogP contribution >= 0.6 is 0 Å². The quantitative estimate of drug-likeness (QED) is 0.551. The second kappa shape index (κ2) is 5.38. The Morgan fingerprint density at radius 3 is 3.00 bits per heavy atom. The van der Waals surface area contributed by atoms with Gasteiger partial charge in [-0.05, 0) is 25.7 Å². The molecule has 1 aliphatic carbocycles. The Balaban J connectivity index is 2.46. The lowest BCUT2D eigenvalue weighted by atomic mass is 9.79. The van der Waals surface area contributed by atoms with Crippen LogP contribution in [0.4, 0.5) is 0 Å². The summed E-state index contributed by atoms with van der Waals surface area (Å²) in [7, 11) is 1.68. The van der Waals surface area contributed by atoms with Gasteiger partial charge in [-0.1, -0.05) is 12.8 Å². The third kappa shape index (κ3) is 2.73. The average molecular weight is 196 g/mol. The molecule has 1 rings (SSSR count). The zero-order valence-electron chi connectivity index (χ0n) is 8.96. The maximum atomic E-state index is 10.4. The minimum atomic E-state index is -0.621. The topological polar surface area (TPSA) is 29.5 Å². The molecule has 0 heterocycles. The molecule has 2 atom stereocenters. The van der Waals surface area contributed by atoms with Gasteiger partial charge in [0.15, 0.2) is 0 Å². The van der Waals surface area contributed by atoms with Gasteiger partial charge < -0.3 is 9.84 Å². The predicted octanol–water partition coefficient (Wildman–Crippen LogP) is 2.11. The Labute approximate surface area is 86.7 Å². The summed E-state index contributed by atoms with van der Waals surface area (Å²) in [6.07, 6.45) is 11.7. The summed E-state index contributed by atoms with van der Waals surface area (Å²) in [5, 5.41) is 10.4. The molecule has 0 saturated heterocycles. The van der Waals surface area contributed by atoms with Crippen LogP contribution in [0.1, 0.15) is 44.9 Å². The van der Waals surface area contributed by atoms with Crippen LogP contribution in [0.15, 0.2) is 0 Å². The van der Waals surface area contributed by atoms with Crippen molar-refractivity contribution in [1.82, 2.24) is 0 Å². The molecule has 0 spiro atoms. The summed E-state index contributed by atoms with van der Waals surface area (Å²) in [5.41, 5.74) is -0.621. The van der Waals surface area contributed by atoms with Crippen LogP contribution in [0.2, 0.25) is 0 Å². The van der Waals surface area contributed by atoms with E-state index in [1.54, 1.807) is 7.11 Å². The van der Waals surface area contributed by atoms with E-state index in [1.807, 2.05) is 0 Å². The molecule has 0 amide bonds. The fourth-order valence-corrected chi connectivity index (χ4v) is 2.31. The van der Waals surface area contributed by atoms with Gasteiger partial charge in [0.25, 0.3) is 0 Å². The number of unbranched alkanes of at least 4 members (excludes halogenated alkanes) is 1. The highest BCUT2D eigenvalue weighted by Gasteiger charge is 2.38. The number of terminal acetylenes is 1. The molecule has 1 aliphatic rings. The molecule has 0 aromatic carbocycles. The van der Waals surface area contributed by atoms with Crippen LogP contribution in [-0.4, -0.2) is 23.9 Å². The molecule has 0 aromatic heterocycles. The highest BCUT2D eigenvalue weighted by atomic mass is 16.5. The van der Waals surface area contributed by atoms with Crippen molar-refractivity contribution in [1.29, 1.82) is 0 Å². The summed E-state index contributed by atoms with van der Waals surface area (Å²) in [6, 6.07) is 0. The van der Waals surface area contributed by atoms with Gasteiger partial charge in [-0.2, -0.15) is 0 Å². The number of methoxy groups -OCH3 is 1. The van der Waals surface area contributed by atoms with Gasteiger partial charge in [-0.3, -0.25) is 0 Å². The molecule has 0 aliphatic heterocycles.